The van der Waals surface area contributed by atoms with Gasteiger partial charge in [-0.3, -0.25) is 10.1 Å². The van der Waals surface area contributed by atoms with Crippen molar-refractivity contribution < 1.29 is 19.1 Å². The van der Waals surface area contributed by atoms with Gasteiger partial charge in [0.05, 0.1) is 13.2 Å². The second-order valence-corrected chi connectivity index (χ2v) is 4.06. The molecule has 0 fully saturated rings. The Morgan fingerprint density at radius 3 is 2.65 bits per heavy atom. The van der Waals surface area contributed by atoms with Gasteiger partial charge in [-0.15, -0.1) is 0 Å². The van der Waals surface area contributed by atoms with Crippen molar-refractivity contribution in [2.75, 3.05) is 7.11 Å². The smallest absolute Gasteiger partial charge is 0.325 e. The average molecular weight is 241 g/mol. The van der Waals surface area contributed by atoms with Crippen LogP contribution in [-0.4, -0.2) is 30.3 Å². The van der Waals surface area contributed by atoms with Crippen molar-refractivity contribution in [2.45, 2.75) is 39.5 Å². The van der Waals surface area contributed by atoms with Crippen molar-refractivity contribution >= 4 is 5.97 Å². The summed E-state index contributed by atoms with van der Waals surface area (Å²) in [5, 5.41) is 12.4. The number of furan rings is 1. The topological polar surface area (TPSA) is 71.7 Å². The molecule has 0 saturated heterocycles. The second-order valence-electron chi connectivity index (χ2n) is 4.06. The minimum Gasteiger partial charge on any atom is -0.468 e. The van der Waals surface area contributed by atoms with Crippen LogP contribution in [0.5, 0.6) is 0 Å². The highest BCUT2D eigenvalue weighted by Crippen LogP contribution is 2.13. The minimum atomic E-state index is -0.809. The van der Waals surface area contributed by atoms with Crippen molar-refractivity contribution in [1.82, 2.24) is 5.32 Å². The first-order valence-electron chi connectivity index (χ1n) is 5.51. The SMILES string of the molecule is COC(=O)[C@H](NCc1cc(C)oc1C)[C@H](C)O. The molecule has 5 heteroatoms. The second kappa shape index (κ2) is 5.84. The molecule has 2 atom stereocenters. The van der Waals surface area contributed by atoms with Gasteiger partial charge in [0, 0.05) is 12.1 Å². The first kappa shape index (κ1) is 13.7. The highest BCUT2D eigenvalue weighted by Gasteiger charge is 2.24. The van der Waals surface area contributed by atoms with Crippen LogP contribution in [0, 0.1) is 13.8 Å². The fraction of sp³-hybridized carbons (Fsp3) is 0.583. The number of carbonyl (C=O) groups is 1. The van der Waals surface area contributed by atoms with E-state index in [1.807, 2.05) is 19.9 Å². The predicted octanol–water partition coefficient (Wildman–Crippen LogP) is 0.908. The average Bonchev–Trinajstić information content (AvgIpc) is 2.57. The number of hydrogen-bond donors (Lipinski definition) is 2. The Morgan fingerprint density at radius 1 is 1.59 bits per heavy atom. The number of rotatable bonds is 5. The van der Waals surface area contributed by atoms with Crippen molar-refractivity contribution in [3.63, 3.8) is 0 Å². The van der Waals surface area contributed by atoms with Crippen LogP contribution in [-0.2, 0) is 16.1 Å². The fourth-order valence-electron chi connectivity index (χ4n) is 1.66. The number of esters is 1. The van der Waals surface area contributed by atoms with Gasteiger partial charge in [0.25, 0.3) is 0 Å². The Hall–Kier alpha value is -1.33. The Labute approximate surface area is 101 Å². The number of hydrogen-bond acceptors (Lipinski definition) is 5. The number of carbonyl (C=O) groups excluding carboxylic acids is 1. The summed E-state index contributed by atoms with van der Waals surface area (Å²) in [7, 11) is 1.30. The number of aliphatic hydroxyl groups excluding tert-OH is 1. The van der Waals surface area contributed by atoms with Gasteiger partial charge in [-0.05, 0) is 26.8 Å². The summed E-state index contributed by atoms with van der Waals surface area (Å²) < 4.78 is 9.99. The quantitative estimate of drug-likeness (QED) is 0.750. The van der Waals surface area contributed by atoms with Crippen LogP contribution in [0.2, 0.25) is 0 Å². The van der Waals surface area contributed by atoms with Crippen LogP contribution < -0.4 is 5.32 Å². The maximum absolute atomic E-state index is 11.4. The summed E-state index contributed by atoms with van der Waals surface area (Å²) in [6, 6.07) is 1.17. The molecule has 1 aromatic rings. The predicted molar refractivity (Wildman–Crippen MR) is 62.5 cm³/mol. The van der Waals surface area contributed by atoms with Gasteiger partial charge in [-0.1, -0.05) is 0 Å². The Bertz CT molecular complexity index is 384. The highest BCUT2D eigenvalue weighted by molar-refractivity contribution is 5.76. The zero-order valence-electron chi connectivity index (χ0n) is 10.6. The van der Waals surface area contributed by atoms with E-state index in [0.717, 1.165) is 17.1 Å². The molecular formula is C12H19NO4. The maximum atomic E-state index is 11.4. The lowest BCUT2D eigenvalue weighted by Gasteiger charge is -2.18. The number of ether oxygens (including phenoxy) is 1. The third-order valence-corrected chi connectivity index (χ3v) is 2.59. The molecule has 0 aromatic carbocycles. The molecule has 0 saturated carbocycles. The molecule has 2 N–H and O–H groups in total. The summed E-state index contributed by atoms with van der Waals surface area (Å²) in [4.78, 5) is 11.4. The Morgan fingerprint density at radius 2 is 2.24 bits per heavy atom. The maximum Gasteiger partial charge on any atom is 0.325 e. The van der Waals surface area contributed by atoms with Crippen molar-refractivity contribution in [3.8, 4) is 0 Å². The molecule has 5 nitrogen and oxygen atoms in total. The lowest BCUT2D eigenvalue weighted by atomic mass is 10.1. The molecule has 1 heterocycles. The van der Waals surface area contributed by atoms with E-state index in [2.05, 4.69) is 10.1 Å². The fourth-order valence-corrected chi connectivity index (χ4v) is 1.66. The molecule has 0 bridgehead atoms. The highest BCUT2D eigenvalue weighted by atomic mass is 16.5. The normalized spacial score (nSPS) is 14.4. The third kappa shape index (κ3) is 3.57. The molecule has 0 spiro atoms. The van der Waals surface area contributed by atoms with Crippen LogP contribution in [0.15, 0.2) is 10.5 Å². The molecule has 1 rings (SSSR count). The van der Waals surface area contributed by atoms with E-state index in [1.54, 1.807) is 6.92 Å². The van der Waals surface area contributed by atoms with Crippen molar-refractivity contribution in [3.05, 3.63) is 23.2 Å². The largest absolute Gasteiger partial charge is 0.468 e. The summed E-state index contributed by atoms with van der Waals surface area (Å²) in [5.41, 5.74) is 0.969. The van der Waals surface area contributed by atoms with Gasteiger partial charge in [0.2, 0.25) is 0 Å². The lowest BCUT2D eigenvalue weighted by molar-refractivity contribution is -0.145. The van der Waals surface area contributed by atoms with E-state index < -0.39 is 18.1 Å². The summed E-state index contributed by atoms with van der Waals surface area (Å²) >= 11 is 0. The molecule has 0 aliphatic carbocycles. The van der Waals surface area contributed by atoms with Gasteiger partial charge >= 0.3 is 5.97 Å². The van der Waals surface area contributed by atoms with Gasteiger partial charge in [0.15, 0.2) is 0 Å². The van der Waals surface area contributed by atoms with Crippen LogP contribution in [0.25, 0.3) is 0 Å². The summed E-state index contributed by atoms with van der Waals surface area (Å²) in [5.74, 6) is 1.16. The zero-order valence-corrected chi connectivity index (χ0v) is 10.6. The Balaban J connectivity index is 2.64. The number of aryl methyl sites for hydroxylation is 2. The van der Waals surface area contributed by atoms with Crippen LogP contribution in [0.1, 0.15) is 24.0 Å². The van der Waals surface area contributed by atoms with Crippen LogP contribution in [0.3, 0.4) is 0 Å². The molecule has 0 aliphatic heterocycles. The Kier molecular flexibility index (Phi) is 4.72. The summed E-state index contributed by atoms with van der Waals surface area (Å²) in [6.07, 6.45) is -0.809. The van der Waals surface area contributed by atoms with Crippen LogP contribution in [0.4, 0.5) is 0 Å². The molecule has 0 unspecified atom stereocenters. The zero-order chi connectivity index (χ0) is 13.0. The van der Waals surface area contributed by atoms with E-state index in [0.29, 0.717) is 6.54 Å². The molecule has 0 amide bonds. The minimum absolute atomic E-state index is 0.452. The monoisotopic (exact) mass is 241 g/mol. The van der Waals surface area contributed by atoms with E-state index in [9.17, 15) is 9.90 Å². The van der Waals surface area contributed by atoms with E-state index in [1.165, 1.54) is 7.11 Å². The van der Waals surface area contributed by atoms with Gasteiger partial charge in [-0.25, -0.2) is 0 Å². The van der Waals surface area contributed by atoms with Crippen LogP contribution >= 0.6 is 0 Å². The van der Waals surface area contributed by atoms with Gasteiger partial charge in [-0.2, -0.15) is 0 Å². The molecule has 0 radical (unpaired) electrons. The first-order valence-corrected chi connectivity index (χ1v) is 5.51. The number of aliphatic hydroxyl groups is 1. The third-order valence-electron chi connectivity index (χ3n) is 2.59. The van der Waals surface area contributed by atoms with Crippen molar-refractivity contribution in [2.24, 2.45) is 0 Å². The van der Waals surface area contributed by atoms with E-state index in [4.69, 9.17) is 4.42 Å². The molecule has 17 heavy (non-hydrogen) atoms. The van der Waals surface area contributed by atoms with Gasteiger partial charge < -0.3 is 14.3 Å². The summed E-state index contributed by atoms with van der Waals surface area (Å²) in [6.45, 7) is 5.72. The molecular weight excluding hydrogens is 222 g/mol. The standard InChI is InChI=1S/C12H19NO4/c1-7-5-10(9(3)17-7)6-13-11(8(2)14)12(15)16-4/h5,8,11,13-14H,6H2,1-4H3/t8-,11+/m0/s1. The van der Waals surface area contributed by atoms with E-state index >= 15 is 0 Å². The molecule has 96 valence electrons. The molecule has 1 aromatic heterocycles. The van der Waals surface area contributed by atoms with Crippen molar-refractivity contribution in [1.29, 1.82) is 0 Å². The number of methoxy groups -OCH3 is 1. The molecule has 0 aliphatic rings. The first-order chi connectivity index (χ1) is 7.95. The lowest BCUT2D eigenvalue weighted by Crippen LogP contribution is -2.45. The number of nitrogens with one attached hydrogen (secondary N) is 1. The van der Waals surface area contributed by atoms with Gasteiger partial charge in [0.1, 0.15) is 17.6 Å². The van der Waals surface area contributed by atoms with E-state index in [-0.39, 0.29) is 0 Å².